The lowest BCUT2D eigenvalue weighted by molar-refractivity contribution is -0.114. The van der Waals surface area contributed by atoms with Crippen LogP contribution in [0.2, 0.25) is 0 Å². The van der Waals surface area contributed by atoms with Crippen molar-refractivity contribution in [2.24, 2.45) is 0 Å². The van der Waals surface area contributed by atoms with E-state index >= 15 is 0 Å². The second-order valence-electron chi connectivity index (χ2n) is 6.57. The monoisotopic (exact) mass is 433 g/mol. The van der Waals surface area contributed by atoms with E-state index in [1.165, 1.54) is 18.7 Å². The van der Waals surface area contributed by atoms with Crippen molar-refractivity contribution in [2.75, 3.05) is 16.4 Å². The average molecular weight is 434 g/mol. The Morgan fingerprint density at radius 1 is 0.933 bits per heavy atom. The van der Waals surface area contributed by atoms with Crippen LogP contribution in [0.25, 0.3) is 20.8 Å². The number of nitrogens with one attached hydrogen (secondary N) is 2. The summed E-state index contributed by atoms with van der Waals surface area (Å²) < 4.78 is 1.12. The molecule has 0 atom stereocenters. The summed E-state index contributed by atoms with van der Waals surface area (Å²) in [5.74, 6) is 0.0919. The Bertz CT molecular complexity index is 1170. The van der Waals surface area contributed by atoms with E-state index in [-0.39, 0.29) is 17.6 Å². The molecule has 0 aliphatic rings. The van der Waals surface area contributed by atoms with Crippen molar-refractivity contribution in [1.82, 2.24) is 4.98 Å². The predicted molar refractivity (Wildman–Crippen MR) is 125 cm³/mol. The van der Waals surface area contributed by atoms with Crippen LogP contribution in [0.15, 0.2) is 77.7 Å². The third-order valence-electron chi connectivity index (χ3n) is 4.27. The fraction of sp³-hybridized carbons (Fsp3) is 0.0870. The Hall–Kier alpha value is -3.16. The van der Waals surface area contributed by atoms with Crippen LogP contribution in [-0.4, -0.2) is 22.6 Å². The summed E-state index contributed by atoms with van der Waals surface area (Å²) in [6.45, 7) is 1.47. The number of carbonyl (C=O) groups excluding carboxylic acids is 2. The molecule has 4 aromatic rings. The number of nitrogens with zero attached hydrogens (tertiary/aromatic N) is 1. The normalized spacial score (nSPS) is 10.7. The number of carbonyl (C=O) groups is 2. The number of thioether (sulfide) groups is 1. The van der Waals surface area contributed by atoms with Gasteiger partial charge in [0.15, 0.2) is 0 Å². The van der Waals surface area contributed by atoms with Gasteiger partial charge in [0.2, 0.25) is 11.8 Å². The molecule has 0 unspecified atom stereocenters. The van der Waals surface area contributed by atoms with Crippen molar-refractivity contribution in [3.05, 3.63) is 72.8 Å². The van der Waals surface area contributed by atoms with Gasteiger partial charge in [0, 0.05) is 23.1 Å². The summed E-state index contributed by atoms with van der Waals surface area (Å²) in [6.07, 6.45) is 0. The van der Waals surface area contributed by atoms with Gasteiger partial charge in [-0.1, -0.05) is 24.3 Å². The van der Waals surface area contributed by atoms with Gasteiger partial charge >= 0.3 is 0 Å². The lowest BCUT2D eigenvalue weighted by Crippen LogP contribution is -2.14. The third kappa shape index (κ3) is 4.87. The van der Waals surface area contributed by atoms with Crippen LogP contribution in [0.3, 0.4) is 0 Å². The molecule has 2 amide bonds. The molecule has 0 spiro atoms. The standard InChI is InChI=1S/C23H19N3O2S2/c1-15(27)24-16-10-12-17(13-11-16)29-14-22(28)25-19-7-3-2-6-18(19)23-26-20-8-4-5-9-21(20)30-23/h2-13H,14H2,1H3,(H,24,27)(H,25,28). The number of benzene rings is 3. The molecular weight excluding hydrogens is 414 g/mol. The molecule has 5 nitrogen and oxygen atoms in total. The van der Waals surface area contributed by atoms with E-state index in [9.17, 15) is 9.59 Å². The first-order valence-electron chi connectivity index (χ1n) is 9.34. The molecule has 7 heteroatoms. The summed E-state index contributed by atoms with van der Waals surface area (Å²) in [6, 6.07) is 23.1. The fourth-order valence-corrected chi connectivity index (χ4v) is 4.64. The Morgan fingerprint density at radius 3 is 2.43 bits per heavy atom. The zero-order valence-corrected chi connectivity index (χ0v) is 17.8. The van der Waals surface area contributed by atoms with Gasteiger partial charge in [0.25, 0.3) is 0 Å². The second-order valence-corrected chi connectivity index (χ2v) is 8.65. The molecule has 2 N–H and O–H groups in total. The molecule has 4 rings (SSSR count). The Kier molecular flexibility index (Phi) is 6.11. The van der Waals surface area contributed by atoms with E-state index in [4.69, 9.17) is 4.98 Å². The molecule has 0 saturated carbocycles. The van der Waals surface area contributed by atoms with E-state index in [2.05, 4.69) is 10.6 Å². The number of fused-ring (bicyclic) bond motifs is 1. The summed E-state index contributed by atoms with van der Waals surface area (Å²) in [5, 5.41) is 6.62. The van der Waals surface area contributed by atoms with Crippen LogP contribution >= 0.6 is 23.1 Å². The van der Waals surface area contributed by atoms with Gasteiger partial charge in [-0.25, -0.2) is 4.98 Å². The largest absolute Gasteiger partial charge is 0.326 e. The van der Waals surface area contributed by atoms with Crippen molar-refractivity contribution in [1.29, 1.82) is 0 Å². The third-order valence-corrected chi connectivity index (χ3v) is 6.35. The molecule has 30 heavy (non-hydrogen) atoms. The highest BCUT2D eigenvalue weighted by Crippen LogP contribution is 2.34. The molecule has 0 aliphatic heterocycles. The molecule has 150 valence electrons. The molecular formula is C23H19N3O2S2. The predicted octanol–water partition coefficient (Wildman–Crippen LogP) is 5.65. The number of amides is 2. The lowest BCUT2D eigenvalue weighted by Gasteiger charge is -2.09. The maximum atomic E-state index is 12.5. The maximum absolute atomic E-state index is 12.5. The van der Waals surface area contributed by atoms with Crippen molar-refractivity contribution in [3.8, 4) is 10.6 Å². The smallest absolute Gasteiger partial charge is 0.234 e. The summed E-state index contributed by atoms with van der Waals surface area (Å²) in [5.41, 5.74) is 3.36. The molecule has 0 radical (unpaired) electrons. The minimum Gasteiger partial charge on any atom is -0.326 e. The molecule has 3 aromatic carbocycles. The number of rotatable bonds is 6. The van der Waals surface area contributed by atoms with Crippen molar-refractivity contribution < 1.29 is 9.59 Å². The highest BCUT2D eigenvalue weighted by molar-refractivity contribution is 8.00. The average Bonchev–Trinajstić information content (AvgIpc) is 3.17. The van der Waals surface area contributed by atoms with Crippen LogP contribution in [0.4, 0.5) is 11.4 Å². The van der Waals surface area contributed by atoms with Gasteiger partial charge in [0.05, 0.1) is 21.7 Å². The van der Waals surface area contributed by atoms with Crippen LogP contribution < -0.4 is 10.6 Å². The molecule has 0 saturated heterocycles. The number of hydrogen-bond acceptors (Lipinski definition) is 5. The first-order chi connectivity index (χ1) is 14.6. The van der Waals surface area contributed by atoms with Gasteiger partial charge in [0.1, 0.15) is 5.01 Å². The summed E-state index contributed by atoms with van der Waals surface area (Å²) in [4.78, 5) is 29.3. The van der Waals surface area contributed by atoms with Crippen molar-refractivity contribution >= 4 is 56.5 Å². The van der Waals surface area contributed by atoms with Gasteiger partial charge in [-0.05, 0) is 48.5 Å². The topological polar surface area (TPSA) is 71.1 Å². The number of hydrogen-bond donors (Lipinski definition) is 2. The molecule has 0 aliphatic carbocycles. The van der Waals surface area contributed by atoms with Crippen LogP contribution in [0.1, 0.15) is 6.92 Å². The lowest BCUT2D eigenvalue weighted by atomic mass is 10.2. The fourth-order valence-electron chi connectivity index (χ4n) is 2.94. The second kappa shape index (κ2) is 9.11. The number of thiazole rings is 1. The number of para-hydroxylation sites is 2. The Morgan fingerprint density at radius 2 is 1.67 bits per heavy atom. The van der Waals surface area contributed by atoms with Crippen LogP contribution in [0, 0.1) is 0 Å². The van der Waals surface area contributed by atoms with Gasteiger partial charge in [-0.15, -0.1) is 23.1 Å². The molecule has 0 fully saturated rings. The number of anilines is 2. The van der Waals surface area contributed by atoms with Crippen molar-refractivity contribution in [2.45, 2.75) is 11.8 Å². The minimum absolute atomic E-state index is 0.0838. The van der Waals surface area contributed by atoms with Crippen molar-refractivity contribution in [3.63, 3.8) is 0 Å². The molecule has 1 aromatic heterocycles. The number of aromatic nitrogens is 1. The Balaban J connectivity index is 1.43. The zero-order valence-electron chi connectivity index (χ0n) is 16.2. The van der Waals surface area contributed by atoms with E-state index in [0.717, 1.165) is 37.1 Å². The highest BCUT2D eigenvalue weighted by atomic mass is 32.2. The van der Waals surface area contributed by atoms with Gasteiger partial charge in [-0.3, -0.25) is 9.59 Å². The summed E-state index contributed by atoms with van der Waals surface area (Å²) >= 11 is 3.05. The van der Waals surface area contributed by atoms with E-state index < -0.39 is 0 Å². The highest BCUT2D eigenvalue weighted by Gasteiger charge is 2.12. The zero-order chi connectivity index (χ0) is 20.9. The maximum Gasteiger partial charge on any atom is 0.234 e. The first-order valence-corrected chi connectivity index (χ1v) is 11.1. The van der Waals surface area contributed by atoms with Gasteiger partial charge < -0.3 is 10.6 Å². The molecule has 0 bridgehead atoms. The van der Waals surface area contributed by atoms with Crippen LogP contribution in [-0.2, 0) is 9.59 Å². The molecule has 1 heterocycles. The first kappa shape index (κ1) is 20.1. The Labute approximate surface area is 182 Å². The quantitative estimate of drug-likeness (QED) is 0.385. The van der Waals surface area contributed by atoms with Gasteiger partial charge in [-0.2, -0.15) is 0 Å². The van der Waals surface area contributed by atoms with E-state index in [1.807, 2.05) is 72.8 Å². The SMILES string of the molecule is CC(=O)Nc1ccc(SCC(=O)Nc2ccccc2-c2nc3ccccc3s2)cc1. The van der Waals surface area contributed by atoms with E-state index in [0.29, 0.717) is 0 Å². The van der Waals surface area contributed by atoms with E-state index in [1.54, 1.807) is 11.3 Å². The minimum atomic E-state index is -0.110. The summed E-state index contributed by atoms with van der Waals surface area (Å²) in [7, 11) is 0. The van der Waals surface area contributed by atoms with Crippen LogP contribution in [0.5, 0.6) is 0 Å².